The molecule has 39 heavy (non-hydrogen) atoms. The molecule has 3 heterocycles. The highest BCUT2D eigenvalue weighted by atomic mass is 32.2. The Hall–Kier alpha value is -3.17. The van der Waals surface area contributed by atoms with E-state index in [1.54, 1.807) is 24.5 Å². The standard InChI is InChI=1S/C27H34N4O6S2/c1-4-6-12-30-23(29-11-7-9-18(16-29)26(36)37-5-2)19(17(3)20(15-28)24(30)34)14-21-25(35)31(27(38)39-21)13-8-10-22(32)33/h14,18H,4-13,16H2,1-3H3,(H,32,33)/b21-14-. The van der Waals surface area contributed by atoms with Crippen molar-refractivity contribution in [1.29, 1.82) is 5.26 Å². The molecule has 3 rings (SSSR count). The average molecular weight is 575 g/mol. The molecule has 1 unspecified atom stereocenters. The number of unbranched alkanes of at least 4 members (excludes halogenated alkanes) is 1. The van der Waals surface area contributed by atoms with E-state index in [0.29, 0.717) is 58.6 Å². The number of thiocarbonyl (C=S) groups is 1. The molecule has 210 valence electrons. The zero-order valence-electron chi connectivity index (χ0n) is 22.5. The smallest absolute Gasteiger partial charge is 0.310 e. The molecule has 1 atom stereocenters. The quantitative estimate of drug-likeness (QED) is 0.237. The van der Waals surface area contributed by atoms with Gasteiger partial charge in [-0.1, -0.05) is 37.3 Å². The number of piperidine rings is 1. The number of carbonyl (C=O) groups excluding carboxylic acids is 2. The van der Waals surface area contributed by atoms with Crippen molar-refractivity contribution >= 4 is 58.0 Å². The highest BCUT2D eigenvalue weighted by molar-refractivity contribution is 8.26. The monoisotopic (exact) mass is 574 g/mol. The molecule has 1 amide bonds. The molecule has 0 aromatic carbocycles. The van der Waals surface area contributed by atoms with Gasteiger partial charge < -0.3 is 14.7 Å². The number of nitriles is 1. The molecule has 1 N–H and O–H groups in total. The molecule has 2 aliphatic heterocycles. The number of esters is 1. The van der Waals surface area contributed by atoms with Gasteiger partial charge >= 0.3 is 11.9 Å². The first-order valence-electron chi connectivity index (χ1n) is 13.2. The molecule has 0 aliphatic carbocycles. The number of amides is 1. The van der Waals surface area contributed by atoms with Crippen LogP contribution in [0, 0.1) is 24.2 Å². The van der Waals surface area contributed by atoms with Gasteiger partial charge in [0.25, 0.3) is 11.5 Å². The van der Waals surface area contributed by atoms with E-state index in [2.05, 4.69) is 0 Å². The largest absolute Gasteiger partial charge is 0.481 e. The molecular formula is C27H34N4O6S2. The summed E-state index contributed by atoms with van der Waals surface area (Å²) in [6.45, 7) is 7.28. The lowest BCUT2D eigenvalue weighted by Crippen LogP contribution is -2.43. The van der Waals surface area contributed by atoms with Crippen LogP contribution in [0.25, 0.3) is 6.08 Å². The average Bonchev–Trinajstić information content (AvgIpc) is 3.17. The van der Waals surface area contributed by atoms with Gasteiger partial charge in [-0.3, -0.25) is 28.6 Å². The second-order valence-electron chi connectivity index (χ2n) is 9.53. The highest BCUT2D eigenvalue weighted by Gasteiger charge is 2.34. The summed E-state index contributed by atoms with van der Waals surface area (Å²) in [6.07, 6.45) is 4.80. The molecule has 2 aliphatic rings. The van der Waals surface area contributed by atoms with Crippen LogP contribution in [0.4, 0.5) is 5.82 Å². The van der Waals surface area contributed by atoms with Gasteiger partial charge in [0.05, 0.1) is 17.4 Å². The van der Waals surface area contributed by atoms with Gasteiger partial charge in [0.15, 0.2) is 0 Å². The number of hydrogen-bond acceptors (Lipinski definition) is 9. The fraction of sp³-hybridized carbons (Fsp3) is 0.556. The van der Waals surface area contributed by atoms with Crippen LogP contribution in [0.15, 0.2) is 9.70 Å². The summed E-state index contributed by atoms with van der Waals surface area (Å²) in [5, 5.41) is 18.8. The number of thioether (sulfide) groups is 1. The molecule has 1 aromatic rings. The molecule has 0 radical (unpaired) electrons. The van der Waals surface area contributed by atoms with Crippen LogP contribution in [-0.4, -0.2) is 63.0 Å². The van der Waals surface area contributed by atoms with Crippen LogP contribution in [-0.2, 0) is 25.7 Å². The summed E-state index contributed by atoms with van der Waals surface area (Å²) in [6, 6.07) is 2.05. The van der Waals surface area contributed by atoms with Gasteiger partial charge in [0.2, 0.25) is 0 Å². The third-order valence-electron chi connectivity index (χ3n) is 6.84. The zero-order chi connectivity index (χ0) is 28.7. The number of pyridine rings is 1. The Balaban J connectivity index is 2.13. The van der Waals surface area contributed by atoms with Crippen molar-refractivity contribution < 1.29 is 24.2 Å². The van der Waals surface area contributed by atoms with Crippen LogP contribution in [0.1, 0.15) is 69.1 Å². The minimum absolute atomic E-state index is 0.0111. The van der Waals surface area contributed by atoms with Gasteiger partial charge in [-0.15, -0.1) is 0 Å². The molecule has 0 spiro atoms. The normalized spacial score (nSPS) is 18.5. The number of carboxylic acid groups (broad SMARTS) is 1. The van der Waals surface area contributed by atoms with Crippen molar-refractivity contribution in [2.45, 2.75) is 65.8 Å². The molecule has 1 aromatic heterocycles. The third-order valence-corrected chi connectivity index (χ3v) is 8.22. The van der Waals surface area contributed by atoms with Crippen LogP contribution < -0.4 is 10.5 Å². The van der Waals surface area contributed by atoms with E-state index in [-0.39, 0.29) is 49.4 Å². The summed E-state index contributed by atoms with van der Waals surface area (Å²) in [5.41, 5.74) is 0.643. The Morgan fingerprint density at radius 3 is 2.64 bits per heavy atom. The van der Waals surface area contributed by atoms with Crippen molar-refractivity contribution in [1.82, 2.24) is 9.47 Å². The number of carbonyl (C=O) groups is 3. The number of nitrogens with zero attached hydrogens (tertiary/aromatic N) is 4. The minimum Gasteiger partial charge on any atom is -0.481 e. The molecule has 2 fully saturated rings. The third kappa shape index (κ3) is 6.89. The van der Waals surface area contributed by atoms with Gasteiger partial charge in [0.1, 0.15) is 21.8 Å². The number of rotatable bonds is 11. The summed E-state index contributed by atoms with van der Waals surface area (Å²) in [7, 11) is 0. The van der Waals surface area contributed by atoms with E-state index in [0.717, 1.165) is 24.6 Å². The lowest BCUT2D eigenvalue weighted by molar-refractivity contribution is -0.148. The van der Waals surface area contributed by atoms with Crippen molar-refractivity contribution in [3.05, 3.63) is 31.9 Å². The van der Waals surface area contributed by atoms with Crippen LogP contribution in [0.5, 0.6) is 0 Å². The first-order chi connectivity index (χ1) is 18.6. The lowest BCUT2D eigenvalue weighted by Gasteiger charge is -2.36. The van der Waals surface area contributed by atoms with Gasteiger partial charge in [0, 0.05) is 38.2 Å². The van der Waals surface area contributed by atoms with E-state index >= 15 is 0 Å². The zero-order valence-corrected chi connectivity index (χ0v) is 24.2. The highest BCUT2D eigenvalue weighted by Crippen LogP contribution is 2.37. The van der Waals surface area contributed by atoms with Crippen molar-refractivity contribution in [2.24, 2.45) is 5.92 Å². The maximum atomic E-state index is 13.5. The van der Waals surface area contributed by atoms with E-state index in [9.17, 15) is 24.4 Å². The van der Waals surface area contributed by atoms with Crippen LogP contribution in [0.3, 0.4) is 0 Å². The summed E-state index contributed by atoms with van der Waals surface area (Å²) in [4.78, 5) is 54.0. The number of aliphatic carboxylic acids is 1. The van der Waals surface area contributed by atoms with E-state index in [1.807, 2.05) is 17.9 Å². The van der Waals surface area contributed by atoms with Crippen molar-refractivity contribution in [3.8, 4) is 6.07 Å². The molecule has 0 saturated carbocycles. The second-order valence-corrected chi connectivity index (χ2v) is 11.2. The molecule has 10 nitrogen and oxygen atoms in total. The van der Waals surface area contributed by atoms with Gasteiger partial charge in [-0.25, -0.2) is 0 Å². The molecule has 12 heteroatoms. The topological polar surface area (TPSA) is 133 Å². The van der Waals surface area contributed by atoms with Gasteiger partial charge in [-0.05, 0) is 51.2 Å². The number of ether oxygens (including phenoxy) is 1. The summed E-state index contributed by atoms with van der Waals surface area (Å²) < 4.78 is 7.20. The van der Waals surface area contributed by atoms with E-state index in [4.69, 9.17) is 22.1 Å². The number of aromatic nitrogens is 1. The van der Waals surface area contributed by atoms with Crippen LogP contribution >= 0.6 is 24.0 Å². The SMILES string of the molecule is CCCCn1c(N2CCCC(C(=O)OCC)C2)c(/C=C2\SC(=S)N(CCCC(=O)O)C2=O)c(C)c(C#N)c1=O. The van der Waals surface area contributed by atoms with Crippen molar-refractivity contribution in [2.75, 3.05) is 31.1 Å². The maximum Gasteiger partial charge on any atom is 0.310 e. The predicted octanol–water partition coefficient (Wildman–Crippen LogP) is 3.67. The maximum absolute atomic E-state index is 13.5. The predicted molar refractivity (Wildman–Crippen MR) is 153 cm³/mol. The van der Waals surface area contributed by atoms with Gasteiger partial charge in [-0.2, -0.15) is 5.26 Å². The van der Waals surface area contributed by atoms with Crippen LogP contribution in [0.2, 0.25) is 0 Å². The minimum atomic E-state index is -0.947. The molecule has 2 saturated heterocycles. The first-order valence-corrected chi connectivity index (χ1v) is 14.4. The summed E-state index contributed by atoms with van der Waals surface area (Å²) >= 11 is 6.52. The van der Waals surface area contributed by atoms with Crippen molar-refractivity contribution in [3.63, 3.8) is 0 Å². The fourth-order valence-corrected chi connectivity index (χ4v) is 6.13. The Labute approximate surface area is 237 Å². The Bertz CT molecular complexity index is 1280. The second kappa shape index (κ2) is 13.8. The summed E-state index contributed by atoms with van der Waals surface area (Å²) in [5.74, 6) is -1.34. The fourth-order valence-electron chi connectivity index (χ4n) is 4.84. The Morgan fingerprint density at radius 2 is 2.00 bits per heavy atom. The Morgan fingerprint density at radius 1 is 1.26 bits per heavy atom. The number of anilines is 1. The number of hydrogen-bond donors (Lipinski definition) is 1. The molecular weight excluding hydrogens is 540 g/mol. The molecule has 0 bridgehead atoms. The van der Waals surface area contributed by atoms with E-state index in [1.165, 1.54) is 4.90 Å². The lowest BCUT2D eigenvalue weighted by atomic mass is 9.96. The number of carboxylic acids is 1. The van der Waals surface area contributed by atoms with E-state index < -0.39 is 11.5 Å². The first kappa shape index (κ1) is 30.4. The Kier molecular flexibility index (Phi) is 10.7.